The highest BCUT2D eigenvalue weighted by atomic mass is 35.5. The fraction of sp³-hybridized carbons (Fsp3) is 0.625. The lowest BCUT2D eigenvalue weighted by Gasteiger charge is -2.49. The van der Waals surface area contributed by atoms with Gasteiger partial charge in [0.25, 0.3) is 0 Å². The Balaban J connectivity index is 0.00000133. The topological polar surface area (TPSA) is 3.24 Å². The molecule has 0 aromatic carbocycles. The minimum Gasteiger partial charge on any atom is -0.286 e. The minimum absolute atomic E-state index is 0. The molecular weight excluding hydrogens is 274 g/mol. The van der Waals surface area contributed by atoms with Crippen LogP contribution in [-0.4, -0.2) is 17.5 Å². The van der Waals surface area contributed by atoms with E-state index in [0.717, 1.165) is 6.54 Å². The molecule has 19 heavy (non-hydrogen) atoms. The Hall–Kier alpha value is -0.310. The smallest absolute Gasteiger partial charge is 0.0559 e. The van der Waals surface area contributed by atoms with Crippen molar-refractivity contribution in [3.8, 4) is 0 Å². The highest BCUT2D eigenvalue weighted by molar-refractivity contribution is 7.10. The van der Waals surface area contributed by atoms with E-state index in [4.69, 9.17) is 0 Å². The van der Waals surface area contributed by atoms with Gasteiger partial charge in [-0.1, -0.05) is 37.5 Å². The lowest BCUT2D eigenvalue weighted by Crippen LogP contribution is -2.52. The van der Waals surface area contributed by atoms with E-state index in [1.807, 2.05) is 11.3 Å². The second kappa shape index (κ2) is 6.43. The van der Waals surface area contributed by atoms with Crippen molar-refractivity contribution in [2.45, 2.75) is 57.0 Å². The van der Waals surface area contributed by atoms with Crippen LogP contribution in [-0.2, 0) is 5.54 Å². The molecule has 1 nitrogen and oxygen atoms in total. The van der Waals surface area contributed by atoms with Crippen LogP contribution in [0.3, 0.4) is 0 Å². The Bertz CT molecular complexity index is 406. The van der Waals surface area contributed by atoms with Crippen LogP contribution in [0.25, 0.3) is 0 Å². The van der Waals surface area contributed by atoms with Gasteiger partial charge in [-0.05, 0) is 37.6 Å². The summed E-state index contributed by atoms with van der Waals surface area (Å²) in [6, 6.07) is 5.28. The normalized spacial score (nSPS) is 26.9. The van der Waals surface area contributed by atoms with Crippen LogP contribution in [0.2, 0.25) is 0 Å². The molecule has 2 heterocycles. The molecule has 106 valence electrons. The summed E-state index contributed by atoms with van der Waals surface area (Å²) in [5.74, 6) is 0. The van der Waals surface area contributed by atoms with Gasteiger partial charge in [-0.25, -0.2) is 0 Å². The van der Waals surface area contributed by atoms with Crippen molar-refractivity contribution in [3.05, 3.63) is 34.5 Å². The van der Waals surface area contributed by atoms with Gasteiger partial charge in [0.15, 0.2) is 0 Å². The maximum Gasteiger partial charge on any atom is 0.0559 e. The molecule has 3 rings (SSSR count). The molecule has 0 amide bonds. The van der Waals surface area contributed by atoms with Gasteiger partial charge in [-0.2, -0.15) is 0 Å². The molecular formula is C16H24ClNS. The fourth-order valence-electron chi connectivity index (χ4n) is 3.74. The lowest BCUT2D eigenvalue weighted by atomic mass is 9.77. The Morgan fingerprint density at radius 2 is 2.00 bits per heavy atom. The van der Waals surface area contributed by atoms with Crippen LogP contribution in [0.1, 0.15) is 50.3 Å². The molecule has 1 aliphatic carbocycles. The van der Waals surface area contributed by atoms with E-state index in [0.29, 0.717) is 11.6 Å². The molecule has 1 aliphatic heterocycles. The van der Waals surface area contributed by atoms with Gasteiger partial charge in [0.1, 0.15) is 0 Å². The summed E-state index contributed by atoms with van der Waals surface area (Å²) in [5.41, 5.74) is 0.344. The van der Waals surface area contributed by atoms with E-state index in [-0.39, 0.29) is 12.4 Å². The molecule has 2 aliphatic rings. The molecule has 0 radical (unpaired) electrons. The van der Waals surface area contributed by atoms with E-state index in [2.05, 4.69) is 41.5 Å². The first-order chi connectivity index (χ1) is 8.83. The maximum atomic E-state index is 2.78. The number of nitrogens with zero attached hydrogens (tertiary/aromatic N) is 1. The molecule has 1 aromatic heterocycles. The second-order valence-corrected chi connectivity index (χ2v) is 6.73. The monoisotopic (exact) mass is 297 g/mol. The number of hydrogen-bond donors (Lipinski definition) is 0. The van der Waals surface area contributed by atoms with Crippen molar-refractivity contribution in [2.24, 2.45) is 0 Å². The van der Waals surface area contributed by atoms with Crippen LogP contribution >= 0.6 is 23.7 Å². The zero-order valence-electron chi connectivity index (χ0n) is 11.7. The molecule has 1 unspecified atom stereocenters. The van der Waals surface area contributed by atoms with Crippen LogP contribution < -0.4 is 0 Å². The Morgan fingerprint density at radius 3 is 2.63 bits per heavy atom. The number of thiophene rings is 1. The summed E-state index contributed by atoms with van der Waals surface area (Å²) in [6.45, 7) is 3.53. The van der Waals surface area contributed by atoms with Crippen LogP contribution in [0.5, 0.6) is 0 Å². The van der Waals surface area contributed by atoms with Crippen molar-refractivity contribution in [2.75, 3.05) is 6.54 Å². The van der Waals surface area contributed by atoms with E-state index in [1.54, 1.807) is 4.88 Å². The number of halogens is 1. The van der Waals surface area contributed by atoms with E-state index < -0.39 is 0 Å². The largest absolute Gasteiger partial charge is 0.286 e. The zero-order chi connectivity index (χ0) is 12.4. The van der Waals surface area contributed by atoms with Crippen molar-refractivity contribution < 1.29 is 0 Å². The van der Waals surface area contributed by atoms with Crippen molar-refractivity contribution >= 4 is 23.7 Å². The second-order valence-electron chi connectivity index (χ2n) is 5.78. The van der Waals surface area contributed by atoms with Gasteiger partial charge in [0, 0.05) is 17.5 Å². The van der Waals surface area contributed by atoms with Gasteiger partial charge in [0.2, 0.25) is 0 Å². The lowest BCUT2D eigenvalue weighted by molar-refractivity contribution is 0.0242. The number of hydrogen-bond acceptors (Lipinski definition) is 2. The molecule has 0 saturated heterocycles. The summed E-state index contributed by atoms with van der Waals surface area (Å²) in [7, 11) is 0. The van der Waals surface area contributed by atoms with Crippen molar-refractivity contribution in [3.63, 3.8) is 0 Å². The highest BCUT2D eigenvalue weighted by Crippen LogP contribution is 2.45. The molecule has 0 spiro atoms. The molecule has 0 bridgehead atoms. The molecule has 0 N–H and O–H groups in total. The van der Waals surface area contributed by atoms with Gasteiger partial charge in [-0.15, -0.1) is 23.7 Å². The first kappa shape index (κ1) is 15.1. The van der Waals surface area contributed by atoms with Gasteiger partial charge < -0.3 is 0 Å². The minimum atomic E-state index is 0. The predicted molar refractivity (Wildman–Crippen MR) is 86.3 cm³/mol. The first-order valence-electron chi connectivity index (χ1n) is 7.29. The summed E-state index contributed by atoms with van der Waals surface area (Å²) in [6.07, 6.45) is 12.8. The molecule has 1 aromatic rings. The Labute approximate surface area is 127 Å². The van der Waals surface area contributed by atoms with Gasteiger partial charge >= 0.3 is 0 Å². The average molecular weight is 298 g/mol. The maximum absolute atomic E-state index is 2.78. The van der Waals surface area contributed by atoms with Crippen molar-refractivity contribution in [1.82, 2.24) is 4.90 Å². The predicted octanol–water partition coefficient (Wildman–Crippen LogP) is 4.98. The SMILES string of the molecule is CC1CC=CCN1C1(c2cccs2)CCCCC1.Cl. The first-order valence-corrected chi connectivity index (χ1v) is 8.17. The summed E-state index contributed by atoms with van der Waals surface area (Å²) >= 11 is 1.96. The van der Waals surface area contributed by atoms with Gasteiger partial charge in [-0.3, -0.25) is 4.90 Å². The van der Waals surface area contributed by atoms with Gasteiger partial charge in [0.05, 0.1) is 5.54 Å². The Kier molecular flexibility index (Phi) is 5.10. The van der Waals surface area contributed by atoms with Crippen LogP contribution in [0.4, 0.5) is 0 Å². The standard InChI is InChI=1S/C16H23NS.ClH/c1-14-8-3-6-12-17(14)16(10-4-2-5-11-16)15-9-7-13-18-15;/h3,6-7,9,13-14H,2,4-5,8,10-12H2,1H3;1H. The van der Waals surface area contributed by atoms with E-state index in [9.17, 15) is 0 Å². The zero-order valence-corrected chi connectivity index (χ0v) is 13.3. The fourth-order valence-corrected chi connectivity index (χ4v) is 4.74. The van der Waals surface area contributed by atoms with Crippen LogP contribution in [0.15, 0.2) is 29.7 Å². The third-order valence-electron chi connectivity index (χ3n) is 4.69. The molecule has 1 fully saturated rings. The highest BCUT2D eigenvalue weighted by Gasteiger charge is 2.42. The summed E-state index contributed by atoms with van der Waals surface area (Å²) in [4.78, 5) is 4.38. The quantitative estimate of drug-likeness (QED) is 0.696. The third kappa shape index (κ3) is 2.76. The third-order valence-corrected chi connectivity index (χ3v) is 5.75. The molecule has 1 saturated carbocycles. The summed E-state index contributed by atoms with van der Waals surface area (Å²) < 4.78 is 0. The summed E-state index contributed by atoms with van der Waals surface area (Å²) in [5, 5.41) is 2.25. The van der Waals surface area contributed by atoms with Crippen molar-refractivity contribution in [1.29, 1.82) is 0 Å². The molecule has 1 atom stereocenters. The average Bonchev–Trinajstić information content (AvgIpc) is 2.94. The number of rotatable bonds is 2. The van der Waals surface area contributed by atoms with Crippen LogP contribution in [0, 0.1) is 0 Å². The van der Waals surface area contributed by atoms with E-state index in [1.165, 1.54) is 38.5 Å². The molecule has 3 heteroatoms. The van der Waals surface area contributed by atoms with E-state index >= 15 is 0 Å². The Morgan fingerprint density at radius 1 is 1.21 bits per heavy atom.